The molecule has 0 aliphatic heterocycles. The molecule has 0 atom stereocenters. The van der Waals surface area contributed by atoms with Gasteiger partial charge in [-0.1, -0.05) is 34.6 Å². The summed E-state index contributed by atoms with van der Waals surface area (Å²) in [5.41, 5.74) is 9.36. The zero-order chi connectivity index (χ0) is 30.3. The SMILES string of the molecule is Oc1ccc(Cc2ccc(O)c(-c3cc(-c4ccccn4)cc4oncc34)c2)cc1-c1cc(-c2ccccn2)cc2oncc12. The minimum absolute atomic E-state index is 0.145. The van der Waals surface area contributed by atoms with E-state index >= 15 is 0 Å². The number of aromatic nitrogens is 4. The number of rotatable bonds is 6. The Bertz CT molecular complexity index is 2160. The maximum absolute atomic E-state index is 11.0. The molecule has 8 rings (SSSR count). The van der Waals surface area contributed by atoms with E-state index in [1.54, 1.807) is 36.9 Å². The van der Waals surface area contributed by atoms with E-state index in [0.717, 1.165) is 55.5 Å². The van der Waals surface area contributed by atoms with Crippen LogP contribution in [0.2, 0.25) is 0 Å². The molecular formula is C37H24N4O4. The number of aromatic hydroxyl groups is 2. The number of phenols is 2. The lowest BCUT2D eigenvalue weighted by molar-refractivity contribution is 0.456. The first-order chi connectivity index (χ1) is 22.1. The predicted molar refractivity (Wildman–Crippen MR) is 171 cm³/mol. The van der Waals surface area contributed by atoms with Crippen LogP contribution in [0, 0.1) is 0 Å². The third-order valence-electron chi connectivity index (χ3n) is 7.98. The van der Waals surface area contributed by atoms with Gasteiger partial charge in [-0.3, -0.25) is 9.97 Å². The van der Waals surface area contributed by atoms with Crippen molar-refractivity contribution in [3.05, 3.63) is 133 Å². The number of benzene rings is 4. The molecule has 4 heterocycles. The monoisotopic (exact) mass is 588 g/mol. The molecule has 8 heteroatoms. The number of pyridine rings is 2. The fraction of sp³-hybridized carbons (Fsp3) is 0.0270. The molecule has 216 valence electrons. The Hall–Kier alpha value is -6.28. The molecule has 0 unspecified atom stereocenters. The minimum Gasteiger partial charge on any atom is -0.507 e. The smallest absolute Gasteiger partial charge is 0.168 e. The molecule has 2 N–H and O–H groups in total. The van der Waals surface area contributed by atoms with Gasteiger partial charge in [-0.25, -0.2) is 0 Å². The predicted octanol–water partition coefficient (Wildman–Crippen LogP) is 8.43. The molecule has 0 spiro atoms. The van der Waals surface area contributed by atoms with Crippen LogP contribution in [0.1, 0.15) is 11.1 Å². The second kappa shape index (κ2) is 10.8. The summed E-state index contributed by atoms with van der Waals surface area (Å²) in [5, 5.41) is 31.7. The zero-order valence-corrected chi connectivity index (χ0v) is 23.8. The van der Waals surface area contributed by atoms with Crippen molar-refractivity contribution in [2.75, 3.05) is 0 Å². The molecule has 4 aromatic heterocycles. The second-order valence-electron chi connectivity index (χ2n) is 10.8. The van der Waals surface area contributed by atoms with E-state index in [0.29, 0.717) is 28.7 Å². The molecule has 0 radical (unpaired) electrons. The van der Waals surface area contributed by atoms with Crippen LogP contribution in [0.25, 0.3) is 66.7 Å². The van der Waals surface area contributed by atoms with Crippen LogP contribution in [-0.4, -0.2) is 30.5 Å². The lowest BCUT2D eigenvalue weighted by Gasteiger charge is -2.13. The average Bonchev–Trinajstić information content (AvgIpc) is 3.77. The summed E-state index contributed by atoms with van der Waals surface area (Å²) in [7, 11) is 0. The fourth-order valence-electron chi connectivity index (χ4n) is 5.80. The summed E-state index contributed by atoms with van der Waals surface area (Å²) in [6, 6.07) is 30.4. The van der Waals surface area contributed by atoms with E-state index in [1.807, 2.05) is 84.9 Å². The van der Waals surface area contributed by atoms with Crippen LogP contribution in [0.3, 0.4) is 0 Å². The number of hydrogen-bond acceptors (Lipinski definition) is 8. The molecule has 0 amide bonds. The summed E-state index contributed by atoms with van der Waals surface area (Å²) in [5.74, 6) is 0.291. The first-order valence-electron chi connectivity index (χ1n) is 14.3. The Morgan fingerprint density at radius 2 is 1.00 bits per heavy atom. The molecule has 4 aromatic carbocycles. The van der Waals surface area contributed by atoms with E-state index in [-0.39, 0.29) is 11.5 Å². The highest BCUT2D eigenvalue weighted by molar-refractivity contribution is 5.99. The van der Waals surface area contributed by atoms with Crippen molar-refractivity contribution in [1.29, 1.82) is 0 Å². The molecule has 0 aliphatic rings. The van der Waals surface area contributed by atoms with Gasteiger partial charge in [0.15, 0.2) is 11.2 Å². The van der Waals surface area contributed by atoms with Crippen molar-refractivity contribution in [2.24, 2.45) is 0 Å². The number of phenolic OH excluding ortho intramolecular Hbond substituents is 2. The van der Waals surface area contributed by atoms with Crippen molar-refractivity contribution in [3.8, 4) is 56.3 Å². The van der Waals surface area contributed by atoms with Crippen molar-refractivity contribution in [1.82, 2.24) is 20.3 Å². The molecule has 0 saturated carbocycles. The van der Waals surface area contributed by atoms with Gasteiger partial charge in [-0.15, -0.1) is 0 Å². The van der Waals surface area contributed by atoms with Gasteiger partial charge in [-0.2, -0.15) is 0 Å². The standard InChI is InChI=1S/C37H24N4O4/c42-34-9-7-22(14-28(34)26-16-24(32-5-1-3-11-38-32)18-36-30(26)20-40-44-36)13-23-8-10-35(43)29(15-23)27-17-25(33-6-2-4-12-39-33)19-37-31(27)21-41-45-37/h1-12,14-21,42-43H,13H2. The zero-order valence-electron chi connectivity index (χ0n) is 23.8. The lowest BCUT2D eigenvalue weighted by atomic mass is 9.92. The van der Waals surface area contributed by atoms with Gasteiger partial charge in [0.1, 0.15) is 11.5 Å². The Morgan fingerprint density at radius 1 is 0.511 bits per heavy atom. The van der Waals surface area contributed by atoms with Gasteiger partial charge >= 0.3 is 0 Å². The van der Waals surface area contributed by atoms with E-state index in [9.17, 15) is 10.2 Å². The molecule has 45 heavy (non-hydrogen) atoms. The van der Waals surface area contributed by atoms with Crippen molar-refractivity contribution >= 4 is 21.9 Å². The Labute approximate surface area is 256 Å². The maximum Gasteiger partial charge on any atom is 0.168 e. The van der Waals surface area contributed by atoms with Gasteiger partial charge in [0, 0.05) is 45.4 Å². The summed E-state index contributed by atoms with van der Waals surface area (Å²) in [4.78, 5) is 8.98. The van der Waals surface area contributed by atoms with Crippen LogP contribution in [0.4, 0.5) is 0 Å². The summed E-state index contributed by atoms with van der Waals surface area (Å²) in [6.45, 7) is 0. The minimum atomic E-state index is 0.145. The average molecular weight is 589 g/mol. The third kappa shape index (κ3) is 4.84. The van der Waals surface area contributed by atoms with E-state index in [1.165, 1.54) is 0 Å². The van der Waals surface area contributed by atoms with Gasteiger partial charge in [0.05, 0.1) is 23.8 Å². The molecule has 8 nitrogen and oxygen atoms in total. The van der Waals surface area contributed by atoms with Crippen LogP contribution in [-0.2, 0) is 6.42 Å². The van der Waals surface area contributed by atoms with Gasteiger partial charge in [-0.05, 0) is 101 Å². The maximum atomic E-state index is 11.0. The highest BCUT2D eigenvalue weighted by Crippen LogP contribution is 2.40. The molecule has 0 aliphatic carbocycles. The lowest BCUT2D eigenvalue weighted by Crippen LogP contribution is -1.93. The Kier molecular flexibility index (Phi) is 6.31. The van der Waals surface area contributed by atoms with Gasteiger partial charge < -0.3 is 19.3 Å². The molecule has 0 saturated heterocycles. The van der Waals surface area contributed by atoms with E-state index in [2.05, 4.69) is 20.3 Å². The van der Waals surface area contributed by atoms with Crippen LogP contribution >= 0.6 is 0 Å². The van der Waals surface area contributed by atoms with Crippen molar-refractivity contribution < 1.29 is 19.3 Å². The second-order valence-corrected chi connectivity index (χ2v) is 10.8. The topological polar surface area (TPSA) is 118 Å². The van der Waals surface area contributed by atoms with E-state index < -0.39 is 0 Å². The Morgan fingerprint density at radius 3 is 1.44 bits per heavy atom. The van der Waals surface area contributed by atoms with Crippen LogP contribution in [0.5, 0.6) is 11.5 Å². The van der Waals surface area contributed by atoms with Gasteiger partial charge in [0.25, 0.3) is 0 Å². The molecular weight excluding hydrogens is 564 g/mol. The molecule has 0 fully saturated rings. The summed E-state index contributed by atoms with van der Waals surface area (Å²) < 4.78 is 11.1. The third-order valence-corrected chi connectivity index (χ3v) is 7.98. The van der Waals surface area contributed by atoms with Crippen LogP contribution < -0.4 is 0 Å². The fourth-order valence-corrected chi connectivity index (χ4v) is 5.80. The van der Waals surface area contributed by atoms with Crippen molar-refractivity contribution in [2.45, 2.75) is 6.42 Å². The molecule has 0 bridgehead atoms. The normalized spacial score (nSPS) is 11.4. The van der Waals surface area contributed by atoms with Gasteiger partial charge in [0.2, 0.25) is 0 Å². The first-order valence-corrected chi connectivity index (χ1v) is 14.3. The highest BCUT2D eigenvalue weighted by atomic mass is 16.5. The van der Waals surface area contributed by atoms with Crippen molar-refractivity contribution in [3.63, 3.8) is 0 Å². The number of nitrogens with zero attached hydrogens (tertiary/aromatic N) is 4. The molecule has 8 aromatic rings. The summed E-state index contributed by atoms with van der Waals surface area (Å²) >= 11 is 0. The summed E-state index contributed by atoms with van der Waals surface area (Å²) in [6.07, 6.45) is 7.37. The van der Waals surface area contributed by atoms with Crippen LogP contribution in [0.15, 0.2) is 131 Å². The van der Waals surface area contributed by atoms with E-state index in [4.69, 9.17) is 9.05 Å². The number of fused-ring (bicyclic) bond motifs is 2. The quantitative estimate of drug-likeness (QED) is 0.199. The Balaban J connectivity index is 1.19. The first kappa shape index (κ1) is 26.4. The number of hydrogen-bond donors (Lipinski definition) is 2. The largest absolute Gasteiger partial charge is 0.507 e. The highest BCUT2D eigenvalue weighted by Gasteiger charge is 2.17.